The van der Waals surface area contributed by atoms with E-state index in [2.05, 4.69) is 20.8 Å². The quantitative estimate of drug-likeness (QED) is 0.808. The van der Waals surface area contributed by atoms with Crippen molar-refractivity contribution in [2.45, 2.75) is 19.8 Å². The van der Waals surface area contributed by atoms with E-state index in [0.717, 1.165) is 24.0 Å². The topological polar surface area (TPSA) is 80.0 Å². The molecule has 1 aromatic heterocycles. The van der Waals surface area contributed by atoms with Gasteiger partial charge in [-0.15, -0.1) is 12.4 Å². The fraction of sp³-hybridized carbons (Fsp3) is 0.400. The van der Waals surface area contributed by atoms with Gasteiger partial charge in [-0.2, -0.15) is 4.98 Å². The molecule has 1 heterocycles. The molecule has 0 aliphatic rings. The number of aryl methyl sites for hydroxylation is 1. The van der Waals surface area contributed by atoms with E-state index in [1.807, 2.05) is 31.2 Å². The Morgan fingerprint density at radius 2 is 2.00 bits per heavy atom. The predicted octanol–water partition coefficient (Wildman–Crippen LogP) is 1.60. The second kappa shape index (κ2) is 9.17. The number of rotatable bonds is 7. The van der Waals surface area contributed by atoms with Gasteiger partial charge in [-0.25, -0.2) is 0 Å². The second-order valence-corrected chi connectivity index (χ2v) is 4.70. The van der Waals surface area contributed by atoms with Gasteiger partial charge in [-0.1, -0.05) is 24.2 Å². The van der Waals surface area contributed by atoms with Crippen molar-refractivity contribution in [1.82, 2.24) is 20.8 Å². The fourth-order valence-electron chi connectivity index (χ4n) is 1.90. The Labute approximate surface area is 136 Å². The highest BCUT2D eigenvalue weighted by molar-refractivity contribution is 5.85. The largest absolute Gasteiger partial charge is 0.355 e. The Morgan fingerprint density at radius 1 is 1.27 bits per heavy atom. The van der Waals surface area contributed by atoms with Gasteiger partial charge in [0.2, 0.25) is 5.91 Å². The Kier molecular flexibility index (Phi) is 7.56. The van der Waals surface area contributed by atoms with E-state index >= 15 is 0 Å². The van der Waals surface area contributed by atoms with E-state index in [1.54, 1.807) is 7.05 Å². The number of nitrogens with zero attached hydrogens (tertiary/aromatic N) is 2. The van der Waals surface area contributed by atoms with E-state index in [1.165, 1.54) is 0 Å². The summed E-state index contributed by atoms with van der Waals surface area (Å²) in [6.07, 6.45) is 1.55. The van der Waals surface area contributed by atoms with Gasteiger partial charge < -0.3 is 15.2 Å². The minimum absolute atomic E-state index is 0. The highest BCUT2D eigenvalue weighted by atomic mass is 35.5. The molecule has 0 aliphatic heterocycles. The highest BCUT2D eigenvalue weighted by Crippen LogP contribution is 2.18. The highest BCUT2D eigenvalue weighted by Gasteiger charge is 2.07. The third kappa shape index (κ3) is 5.13. The van der Waals surface area contributed by atoms with Crippen LogP contribution < -0.4 is 10.6 Å². The number of hydrogen-bond donors (Lipinski definition) is 2. The van der Waals surface area contributed by atoms with Crippen LogP contribution in [0.1, 0.15) is 18.3 Å². The van der Waals surface area contributed by atoms with Crippen molar-refractivity contribution in [2.75, 3.05) is 20.1 Å². The monoisotopic (exact) mass is 324 g/mol. The van der Waals surface area contributed by atoms with E-state index in [-0.39, 0.29) is 18.3 Å². The minimum atomic E-state index is 0. The molecule has 6 nitrogen and oxygen atoms in total. The lowest BCUT2D eigenvalue weighted by atomic mass is 10.1. The van der Waals surface area contributed by atoms with Crippen LogP contribution in [-0.4, -0.2) is 36.2 Å². The predicted molar refractivity (Wildman–Crippen MR) is 87.0 cm³/mol. The number of nitrogens with one attached hydrogen (secondary N) is 2. The fourth-order valence-corrected chi connectivity index (χ4v) is 1.90. The zero-order chi connectivity index (χ0) is 15.1. The Morgan fingerprint density at radius 3 is 2.59 bits per heavy atom. The molecule has 2 N–H and O–H groups in total. The van der Waals surface area contributed by atoms with Crippen molar-refractivity contribution in [3.05, 3.63) is 35.7 Å². The van der Waals surface area contributed by atoms with Crippen LogP contribution >= 0.6 is 12.4 Å². The standard InChI is InChI=1S/C15H20N4O2.ClH/c1-3-13-18-15(21-19-13)12-6-4-11(5-7-12)8-9-17-14(20)10-16-2;/h4-7,16H,3,8-10H2,1-2H3,(H,17,20);1H. The van der Waals surface area contributed by atoms with Crippen LogP contribution in [-0.2, 0) is 17.6 Å². The van der Waals surface area contributed by atoms with Gasteiger partial charge >= 0.3 is 0 Å². The van der Waals surface area contributed by atoms with Crippen molar-refractivity contribution in [3.63, 3.8) is 0 Å². The molecule has 0 saturated carbocycles. The number of halogens is 1. The maximum Gasteiger partial charge on any atom is 0.257 e. The summed E-state index contributed by atoms with van der Waals surface area (Å²) in [7, 11) is 1.75. The van der Waals surface area contributed by atoms with Gasteiger partial charge in [-0.3, -0.25) is 4.79 Å². The second-order valence-electron chi connectivity index (χ2n) is 4.70. The molecule has 2 rings (SSSR count). The summed E-state index contributed by atoms with van der Waals surface area (Å²) >= 11 is 0. The molecular formula is C15H21ClN4O2. The molecule has 0 fully saturated rings. The maximum atomic E-state index is 11.3. The molecule has 0 spiro atoms. The molecule has 1 amide bonds. The molecule has 0 unspecified atom stereocenters. The van der Waals surface area contributed by atoms with Crippen molar-refractivity contribution in [1.29, 1.82) is 0 Å². The molecule has 120 valence electrons. The molecule has 22 heavy (non-hydrogen) atoms. The van der Waals surface area contributed by atoms with Gasteiger partial charge in [0.25, 0.3) is 5.89 Å². The third-order valence-electron chi connectivity index (χ3n) is 3.06. The SMILES string of the molecule is CCc1noc(-c2ccc(CCNC(=O)CNC)cc2)n1.Cl. The van der Waals surface area contributed by atoms with Crippen LogP contribution in [0.25, 0.3) is 11.5 Å². The average molecular weight is 325 g/mol. The molecule has 7 heteroatoms. The lowest BCUT2D eigenvalue weighted by Gasteiger charge is -2.05. The summed E-state index contributed by atoms with van der Waals surface area (Å²) < 4.78 is 5.20. The Balaban J connectivity index is 0.00000242. The van der Waals surface area contributed by atoms with E-state index in [4.69, 9.17) is 4.52 Å². The first kappa shape index (κ1) is 18.1. The number of amides is 1. The lowest BCUT2D eigenvalue weighted by molar-refractivity contribution is -0.120. The Bertz CT molecular complexity index is 583. The molecule has 1 aromatic carbocycles. The summed E-state index contributed by atoms with van der Waals surface area (Å²) in [6, 6.07) is 7.93. The van der Waals surface area contributed by atoms with Crippen LogP contribution in [0.5, 0.6) is 0 Å². The number of likely N-dealkylation sites (N-methyl/N-ethyl adjacent to an activating group) is 1. The maximum absolute atomic E-state index is 11.3. The molecule has 0 radical (unpaired) electrons. The van der Waals surface area contributed by atoms with Crippen molar-refractivity contribution >= 4 is 18.3 Å². The van der Waals surface area contributed by atoms with Gasteiger partial charge in [0.1, 0.15) is 0 Å². The minimum Gasteiger partial charge on any atom is -0.355 e. The van der Waals surface area contributed by atoms with Crippen LogP contribution in [0.2, 0.25) is 0 Å². The first-order valence-electron chi connectivity index (χ1n) is 7.06. The average Bonchev–Trinajstić information content (AvgIpc) is 2.97. The first-order chi connectivity index (χ1) is 10.2. The van der Waals surface area contributed by atoms with Crippen molar-refractivity contribution in [2.24, 2.45) is 0 Å². The normalized spacial score (nSPS) is 10.1. The summed E-state index contributed by atoms with van der Waals surface area (Å²) in [5, 5.41) is 9.54. The Hall–Kier alpha value is -1.92. The summed E-state index contributed by atoms with van der Waals surface area (Å²) in [4.78, 5) is 15.6. The van der Waals surface area contributed by atoms with Crippen LogP contribution in [0.4, 0.5) is 0 Å². The molecular weight excluding hydrogens is 304 g/mol. The molecule has 0 atom stereocenters. The summed E-state index contributed by atoms with van der Waals surface area (Å²) in [5.74, 6) is 1.26. The number of hydrogen-bond acceptors (Lipinski definition) is 5. The zero-order valence-electron chi connectivity index (χ0n) is 12.8. The summed E-state index contributed by atoms with van der Waals surface area (Å²) in [5.41, 5.74) is 2.06. The zero-order valence-corrected chi connectivity index (χ0v) is 13.6. The van der Waals surface area contributed by atoms with Gasteiger partial charge in [0.15, 0.2) is 5.82 Å². The van der Waals surface area contributed by atoms with E-state index < -0.39 is 0 Å². The van der Waals surface area contributed by atoms with Crippen LogP contribution in [0.3, 0.4) is 0 Å². The number of carbonyl (C=O) groups is 1. The number of aromatic nitrogens is 2. The lowest BCUT2D eigenvalue weighted by Crippen LogP contribution is -2.33. The van der Waals surface area contributed by atoms with Gasteiger partial charge in [0.05, 0.1) is 6.54 Å². The van der Waals surface area contributed by atoms with E-state index in [0.29, 0.717) is 24.8 Å². The van der Waals surface area contributed by atoms with Gasteiger partial charge in [-0.05, 0) is 31.2 Å². The number of carbonyl (C=O) groups excluding carboxylic acids is 1. The smallest absolute Gasteiger partial charge is 0.257 e. The van der Waals surface area contributed by atoms with Crippen molar-refractivity contribution < 1.29 is 9.32 Å². The van der Waals surface area contributed by atoms with Gasteiger partial charge in [0, 0.05) is 18.5 Å². The molecule has 2 aromatic rings. The first-order valence-corrected chi connectivity index (χ1v) is 7.06. The van der Waals surface area contributed by atoms with Crippen LogP contribution in [0, 0.1) is 0 Å². The molecule has 0 aliphatic carbocycles. The number of benzene rings is 1. The third-order valence-corrected chi connectivity index (χ3v) is 3.06. The molecule has 0 bridgehead atoms. The summed E-state index contributed by atoms with van der Waals surface area (Å²) in [6.45, 7) is 2.95. The van der Waals surface area contributed by atoms with E-state index in [9.17, 15) is 4.79 Å². The van der Waals surface area contributed by atoms with Crippen molar-refractivity contribution in [3.8, 4) is 11.5 Å². The molecule has 0 saturated heterocycles. The van der Waals surface area contributed by atoms with Crippen LogP contribution in [0.15, 0.2) is 28.8 Å².